The minimum absolute atomic E-state index is 0.0848. The number of rotatable bonds is 5. The van der Waals surface area contributed by atoms with Crippen molar-refractivity contribution < 1.29 is 23.9 Å². The Morgan fingerprint density at radius 3 is 2.28 bits per heavy atom. The Morgan fingerprint density at radius 1 is 1.14 bits per heavy atom. The van der Waals surface area contributed by atoms with Crippen molar-refractivity contribution in [2.24, 2.45) is 11.8 Å². The van der Waals surface area contributed by atoms with Crippen LogP contribution >= 0.6 is 59.4 Å². The van der Waals surface area contributed by atoms with Crippen LogP contribution in [-0.2, 0) is 23.9 Å². The zero-order valence-electron chi connectivity index (χ0n) is 14.9. The molecule has 2 aliphatic rings. The van der Waals surface area contributed by atoms with Crippen LogP contribution in [0.25, 0.3) is 0 Å². The maximum absolute atomic E-state index is 12.5. The second-order valence-electron chi connectivity index (χ2n) is 6.81. The van der Waals surface area contributed by atoms with Gasteiger partial charge in [-0.05, 0) is 31.0 Å². The standard InChI is InChI=1S/C18H16Br3ClN2O5/c19-8-1-2-14(13(22)3-8)23-15(25)7-29-16(26)6-24-17(27)9-4-11(20)12(21)5-10(9)18(24)28/h1-3,9-12H,4-7H2,(H,23,25)/t9-,10+,11+,12-. The van der Waals surface area contributed by atoms with Gasteiger partial charge in [0.15, 0.2) is 6.61 Å². The Labute approximate surface area is 197 Å². The number of nitrogens with one attached hydrogen (secondary N) is 1. The van der Waals surface area contributed by atoms with E-state index in [9.17, 15) is 19.2 Å². The number of ether oxygens (including phenoxy) is 1. The van der Waals surface area contributed by atoms with Gasteiger partial charge in [-0.15, -0.1) is 0 Å². The van der Waals surface area contributed by atoms with Crippen LogP contribution in [0.2, 0.25) is 5.02 Å². The van der Waals surface area contributed by atoms with E-state index >= 15 is 0 Å². The summed E-state index contributed by atoms with van der Waals surface area (Å²) < 4.78 is 5.68. The summed E-state index contributed by atoms with van der Waals surface area (Å²) in [5.41, 5.74) is 0.374. The first-order valence-electron chi connectivity index (χ1n) is 8.71. The van der Waals surface area contributed by atoms with Crippen LogP contribution in [0.15, 0.2) is 22.7 Å². The molecule has 29 heavy (non-hydrogen) atoms. The normalized spacial score (nSPS) is 26.3. The van der Waals surface area contributed by atoms with Crippen molar-refractivity contribution in [1.29, 1.82) is 0 Å². The molecule has 1 aromatic carbocycles. The van der Waals surface area contributed by atoms with Crippen LogP contribution in [0.3, 0.4) is 0 Å². The summed E-state index contributed by atoms with van der Waals surface area (Å²) in [7, 11) is 0. The number of fused-ring (bicyclic) bond motifs is 1. The number of halogens is 4. The fourth-order valence-electron chi connectivity index (χ4n) is 3.42. The van der Waals surface area contributed by atoms with Crippen molar-refractivity contribution in [3.05, 3.63) is 27.7 Å². The van der Waals surface area contributed by atoms with E-state index in [1.807, 2.05) is 0 Å². The summed E-state index contributed by atoms with van der Waals surface area (Å²) >= 11 is 16.3. The van der Waals surface area contributed by atoms with Gasteiger partial charge in [-0.25, -0.2) is 0 Å². The first kappa shape index (κ1) is 22.7. The summed E-state index contributed by atoms with van der Waals surface area (Å²) in [4.78, 5) is 50.3. The number of imide groups is 1. The number of anilines is 1. The highest BCUT2D eigenvalue weighted by atomic mass is 79.9. The fourth-order valence-corrected chi connectivity index (χ4v) is 5.38. The molecule has 2 fully saturated rings. The first-order chi connectivity index (χ1) is 13.7. The van der Waals surface area contributed by atoms with Gasteiger partial charge in [0.05, 0.1) is 22.5 Å². The van der Waals surface area contributed by atoms with E-state index in [1.54, 1.807) is 18.2 Å². The van der Waals surface area contributed by atoms with Crippen molar-refractivity contribution >= 4 is 88.8 Å². The van der Waals surface area contributed by atoms with E-state index in [4.69, 9.17) is 16.3 Å². The molecule has 156 valence electrons. The van der Waals surface area contributed by atoms with E-state index in [0.29, 0.717) is 23.6 Å². The molecule has 7 nitrogen and oxygen atoms in total. The predicted octanol–water partition coefficient (Wildman–Crippen LogP) is 3.51. The van der Waals surface area contributed by atoms with Gasteiger partial charge in [0.2, 0.25) is 11.8 Å². The van der Waals surface area contributed by atoms with Gasteiger partial charge in [-0.1, -0.05) is 59.4 Å². The second kappa shape index (κ2) is 9.45. The van der Waals surface area contributed by atoms with Crippen molar-refractivity contribution in [1.82, 2.24) is 4.90 Å². The second-order valence-corrected chi connectivity index (χ2v) is 10.5. The van der Waals surface area contributed by atoms with Gasteiger partial charge >= 0.3 is 5.97 Å². The highest BCUT2D eigenvalue weighted by Gasteiger charge is 2.52. The molecule has 0 spiro atoms. The first-order valence-corrected chi connectivity index (χ1v) is 11.7. The van der Waals surface area contributed by atoms with Crippen LogP contribution in [-0.4, -0.2) is 51.4 Å². The van der Waals surface area contributed by atoms with Crippen LogP contribution in [0, 0.1) is 11.8 Å². The molecule has 1 saturated heterocycles. The Kier molecular flexibility index (Phi) is 7.40. The van der Waals surface area contributed by atoms with Gasteiger partial charge in [0.1, 0.15) is 6.54 Å². The van der Waals surface area contributed by atoms with Crippen LogP contribution < -0.4 is 5.32 Å². The van der Waals surface area contributed by atoms with E-state index in [-0.39, 0.29) is 21.5 Å². The number of amides is 3. The van der Waals surface area contributed by atoms with E-state index in [2.05, 4.69) is 53.1 Å². The third-order valence-electron chi connectivity index (χ3n) is 4.86. The minimum Gasteiger partial charge on any atom is -0.454 e. The highest BCUT2D eigenvalue weighted by Crippen LogP contribution is 2.43. The molecule has 1 N–H and O–H groups in total. The van der Waals surface area contributed by atoms with Crippen molar-refractivity contribution in [3.8, 4) is 0 Å². The Hall–Kier alpha value is -0.970. The molecule has 0 aromatic heterocycles. The lowest BCUT2D eigenvalue weighted by molar-refractivity contribution is -0.154. The molecule has 1 aliphatic heterocycles. The smallest absolute Gasteiger partial charge is 0.326 e. The average Bonchev–Trinajstić information content (AvgIpc) is 2.87. The molecule has 1 aromatic rings. The summed E-state index contributed by atoms with van der Waals surface area (Å²) in [6, 6.07) is 4.92. The lowest BCUT2D eigenvalue weighted by Gasteiger charge is -2.29. The minimum atomic E-state index is -0.826. The monoisotopic (exact) mass is 612 g/mol. The third-order valence-corrected chi connectivity index (χ3v) is 8.40. The van der Waals surface area contributed by atoms with Gasteiger partial charge in [0.25, 0.3) is 5.91 Å². The van der Waals surface area contributed by atoms with Crippen LogP contribution in [0.4, 0.5) is 5.69 Å². The number of carbonyl (C=O) groups excluding carboxylic acids is 4. The summed E-state index contributed by atoms with van der Waals surface area (Å²) in [6.45, 7) is -1.06. The SMILES string of the molecule is O=C(COC(=O)CN1C(=O)[C@H]2C[C@@H](Br)[C@@H](Br)C[C@H]2C1=O)Nc1ccc(Br)cc1Cl. The molecule has 4 atom stereocenters. The summed E-state index contributed by atoms with van der Waals surface area (Å²) in [5, 5.41) is 2.85. The molecule has 0 bridgehead atoms. The van der Waals surface area contributed by atoms with Crippen molar-refractivity contribution in [3.63, 3.8) is 0 Å². The zero-order chi connectivity index (χ0) is 21.3. The highest BCUT2D eigenvalue weighted by molar-refractivity contribution is 9.12. The largest absolute Gasteiger partial charge is 0.454 e. The average molecular weight is 616 g/mol. The van der Waals surface area contributed by atoms with Gasteiger partial charge < -0.3 is 10.1 Å². The quantitative estimate of drug-likeness (QED) is 0.311. The van der Waals surface area contributed by atoms with Crippen LogP contribution in [0.5, 0.6) is 0 Å². The van der Waals surface area contributed by atoms with Gasteiger partial charge in [-0.3, -0.25) is 24.1 Å². The number of hydrogen-bond donors (Lipinski definition) is 1. The fraction of sp³-hybridized carbons (Fsp3) is 0.444. The number of esters is 1. The zero-order valence-corrected chi connectivity index (χ0v) is 20.4. The Morgan fingerprint density at radius 2 is 1.72 bits per heavy atom. The maximum Gasteiger partial charge on any atom is 0.326 e. The lowest BCUT2D eigenvalue weighted by atomic mass is 9.81. The molecule has 1 heterocycles. The number of carbonyl (C=O) groups is 4. The predicted molar refractivity (Wildman–Crippen MR) is 117 cm³/mol. The Balaban J connectivity index is 1.52. The molecular weight excluding hydrogens is 599 g/mol. The van der Waals surface area contributed by atoms with E-state index in [0.717, 1.165) is 9.37 Å². The number of alkyl halides is 2. The van der Waals surface area contributed by atoms with Gasteiger partial charge in [0, 0.05) is 14.1 Å². The molecule has 3 rings (SSSR count). The van der Waals surface area contributed by atoms with Crippen molar-refractivity contribution in [2.75, 3.05) is 18.5 Å². The molecule has 3 amide bonds. The summed E-state index contributed by atoms with van der Waals surface area (Å²) in [6.07, 6.45) is 1.04. The molecule has 1 aliphatic carbocycles. The molecule has 11 heteroatoms. The third kappa shape index (κ3) is 5.21. The number of likely N-dealkylation sites (tertiary alicyclic amines) is 1. The molecule has 0 radical (unpaired) electrons. The Bertz CT molecular complexity index is 840. The van der Waals surface area contributed by atoms with E-state index < -0.39 is 36.9 Å². The van der Waals surface area contributed by atoms with E-state index in [1.165, 1.54) is 0 Å². The molecule has 0 unspecified atom stereocenters. The van der Waals surface area contributed by atoms with Crippen molar-refractivity contribution in [2.45, 2.75) is 22.5 Å². The van der Waals surface area contributed by atoms with Crippen LogP contribution in [0.1, 0.15) is 12.8 Å². The lowest BCUT2D eigenvalue weighted by Crippen LogP contribution is -2.37. The molecular formula is C18H16Br3ClN2O5. The number of benzene rings is 1. The summed E-state index contributed by atoms with van der Waals surface area (Å²) in [5.74, 6) is -3.01. The maximum atomic E-state index is 12.5. The topological polar surface area (TPSA) is 92.8 Å². The molecule has 1 saturated carbocycles. The number of nitrogens with zero attached hydrogens (tertiary/aromatic N) is 1. The van der Waals surface area contributed by atoms with Gasteiger partial charge in [-0.2, -0.15) is 0 Å². The number of hydrogen-bond acceptors (Lipinski definition) is 5.